The molecule has 2 aliphatic rings. The van der Waals surface area contributed by atoms with Crippen LogP contribution in [0.3, 0.4) is 0 Å². The van der Waals surface area contributed by atoms with Gasteiger partial charge in [0, 0.05) is 5.69 Å². The van der Waals surface area contributed by atoms with E-state index in [9.17, 15) is 9.18 Å². The van der Waals surface area contributed by atoms with Gasteiger partial charge in [0.05, 0.1) is 5.75 Å². The number of rotatable bonds is 2. The number of carbonyl (C=O) groups excluding carboxylic acids is 1. The Kier molecular flexibility index (Phi) is 3.18. The highest BCUT2D eigenvalue weighted by atomic mass is 32.2. The Balaban J connectivity index is 1.71. The second kappa shape index (κ2) is 5.21. The highest BCUT2D eigenvalue weighted by Gasteiger charge is 2.34. The van der Waals surface area contributed by atoms with Gasteiger partial charge in [0.2, 0.25) is 12.7 Å². The lowest BCUT2D eigenvalue weighted by atomic mass is 10.1. The molecule has 0 bridgehead atoms. The smallest absolute Gasteiger partial charge is 0.238 e. The molecule has 0 radical (unpaired) electrons. The maximum Gasteiger partial charge on any atom is 0.238 e. The van der Waals surface area contributed by atoms with Crippen molar-refractivity contribution in [3.8, 4) is 11.5 Å². The zero-order valence-electron chi connectivity index (χ0n) is 11.5. The average Bonchev–Trinajstić information content (AvgIpc) is 3.14. The van der Waals surface area contributed by atoms with Gasteiger partial charge < -0.3 is 9.47 Å². The number of benzene rings is 2. The van der Waals surface area contributed by atoms with Crippen LogP contribution in [0.2, 0.25) is 0 Å². The van der Waals surface area contributed by atoms with Gasteiger partial charge >= 0.3 is 0 Å². The lowest BCUT2D eigenvalue weighted by molar-refractivity contribution is -0.115. The number of ether oxygens (including phenoxy) is 2. The predicted octanol–water partition coefficient (Wildman–Crippen LogP) is 3.33. The lowest BCUT2D eigenvalue weighted by Crippen LogP contribution is -2.27. The summed E-state index contributed by atoms with van der Waals surface area (Å²) < 4.78 is 23.8. The number of thioether (sulfide) groups is 1. The van der Waals surface area contributed by atoms with Crippen molar-refractivity contribution >= 4 is 23.4 Å². The minimum Gasteiger partial charge on any atom is -0.454 e. The third kappa shape index (κ3) is 2.20. The van der Waals surface area contributed by atoms with Crippen molar-refractivity contribution in [2.45, 2.75) is 5.37 Å². The van der Waals surface area contributed by atoms with Gasteiger partial charge in [-0.25, -0.2) is 4.39 Å². The molecule has 112 valence electrons. The van der Waals surface area contributed by atoms with E-state index in [0.717, 1.165) is 5.56 Å². The zero-order valence-corrected chi connectivity index (χ0v) is 12.3. The van der Waals surface area contributed by atoms with Crippen LogP contribution in [0.1, 0.15) is 10.9 Å². The van der Waals surface area contributed by atoms with Crippen LogP contribution in [-0.2, 0) is 4.79 Å². The topological polar surface area (TPSA) is 38.8 Å². The SMILES string of the molecule is O=C1CS[C@H](c2ccc3c(c2)OCO3)N1c1ccc(F)cc1. The summed E-state index contributed by atoms with van der Waals surface area (Å²) in [5.41, 5.74) is 1.66. The molecular weight excluding hydrogens is 305 g/mol. The molecule has 0 aromatic heterocycles. The highest BCUT2D eigenvalue weighted by molar-refractivity contribution is 8.00. The number of halogens is 1. The third-order valence-electron chi connectivity index (χ3n) is 3.65. The number of amides is 1. The third-order valence-corrected chi connectivity index (χ3v) is 4.87. The van der Waals surface area contributed by atoms with E-state index in [1.807, 2.05) is 18.2 Å². The van der Waals surface area contributed by atoms with E-state index in [4.69, 9.17) is 9.47 Å². The molecule has 1 atom stereocenters. The fraction of sp³-hybridized carbons (Fsp3) is 0.188. The molecule has 0 N–H and O–H groups in total. The van der Waals surface area contributed by atoms with Gasteiger partial charge in [-0.1, -0.05) is 6.07 Å². The van der Waals surface area contributed by atoms with E-state index in [1.54, 1.807) is 28.8 Å². The molecule has 2 heterocycles. The number of carbonyl (C=O) groups is 1. The summed E-state index contributed by atoms with van der Waals surface area (Å²) in [4.78, 5) is 13.9. The molecule has 0 saturated carbocycles. The molecule has 0 spiro atoms. The average molecular weight is 317 g/mol. The van der Waals surface area contributed by atoms with Crippen LogP contribution in [0.5, 0.6) is 11.5 Å². The summed E-state index contributed by atoms with van der Waals surface area (Å²) in [6, 6.07) is 11.7. The van der Waals surface area contributed by atoms with Gasteiger partial charge in [-0.15, -0.1) is 11.8 Å². The zero-order chi connectivity index (χ0) is 15.1. The molecule has 22 heavy (non-hydrogen) atoms. The normalized spacial score (nSPS) is 19.8. The Labute approximate surface area is 130 Å². The van der Waals surface area contributed by atoms with Gasteiger partial charge in [0.1, 0.15) is 11.2 Å². The maximum absolute atomic E-state index is 13.1. The molecule has 4 rings (SSSR count). The Morgan fingerprint density at radius 3 is 2.68 bits per heavy atom. The molecular formula is C16H12FNO3S. The van der Waals surface area contributed by atoms with E-state index in [0.29, 0.717) is 22.9 Å². The van der Waals surface area contributed by atoms with E-state index < -0.39 is 0 Å². The van der Waals surface area contributed by atoms with E-state index in [-0.39, 0.29) is 23.9 Å². The Bertz CT molecular complexity index is 735. The van der Waals surface area contributed by atoms with Crippen molar-refractivity contribution in [2.24, 2.45) is 0 Å². The second-order valence-electron chi connectivity index (χ2n) is 5.02. The highest BCUT2D eigenvalue weighted by Crippen LogP contribution is 2.44. The van der Waals surface area contributed by atoms with Crippen molar-refractivity contribution in [2.75, 3.05) is 17.4 Å². The molecule has 6 heteroatoms. The quantitative estimate of drug-likeness (QED) is 0.851. The summed E-state index contributed by atoms with van der Waals surface area (Å²) in [7, 11) is 0. The maximum atomic E-state index is 13.1. The summed E-state index contributed by atoms with van der Waals surface area (Å²) in [6.07, 6.45) is 0. The van der Waals surface area contributed by atoms with Crippen molar-refractivity contribution < 1.29 is 18.7 Å². The van der Waals surface area contributed by atoms with Crippen LogP contribution in [0.25, 0.3) is 0 Å². The molecule has 0 aliphatic carbocycles. The largest absolute Gasteiger partial charge is 0.454 e. The number of anilines is 1. The van der Waals surface area contributed by atoms with Crippen molar-refractivity contribution in [1.82, 2.24) is 0 Å². The number of nitrogens with zero attached hydrogens (tertiary/aromatic N) is 1. The van der Waals surface area contributed by atoms with Crippen molar-refractivity contribution in [3.63, 3.8) is 0 Å². The minimum atomic E-state index is -0.317. The number of hydrogen-bond acceptors (Lipinski definition) is 4. The molecule has 1 fully saturated rings. The molecule has 0 unspecified atom stereocenters. The molecule has 2 aliphatic heterocycles. The van der Waals surface area contributed by atoms with Crippen LogP contribution in [0.4, 0.5) is 10.1 Å². The fourth-order valence-corrected chi connectivity index (χ4v) is 3.79. The molecule has 1 saturated heterocycles. The fourth-order valence-electron chi connectivity index (χ4n) is 2.62. The second-order valence-corrected chi connectivity index (χ2v) is 6.08. The molecule has 4 nitrogen and oxygen atoms in total. The Morgan fingerprint density at radius 1 is 1.09 bits per heavy atom. The van der Waals surface area contributed by atoms with Crippen LogP contribution in [0.15, 0.2) is 42.5 Å². The molecule has 1 amide bonds. The monoisotopic (exact) mass is 317 g/mol. The Hall–Kier alpha value is -2.21. The van der Waals surface area contributed by atoms with Crippen LogP contribution in [0, 0.1) is 5.82 Å². The van der Waals surface area contributed by atoms with Gasteiger partial charge in [-0.2, -0.15) is 0 Å². The summed E-state index contributed by atoms with van der Waals surface area (Å²) in [5.74, 6) is 1.50. The van der Waals surface area contributed by atoms with Crippen LogP contribution >= 0.6 is 11.8 Å². The van der Waals surface area contributed by atoms with Gasteiger partial charge in [0.25, 0.3) is 0 Å². The summed E-state index contributed by atoms with van der Waals surface area (Å²) in [5, 5.41) is -0.146. The summed E-state index contributed by atoms with van der Waals surface area (Å²) in [6.45, 7) is 0.219. The molecule has 2 aromatic rings. The van der Waals surface area contributed by atoms with Gasteiger partial charge in [0.15, 0.2) is 11.5 Å². The van der Waals surface area contributed by atoms with Crippen molar-refractivity contribution in [1.29, 1.82) is 0 Å². The number of hydrogen-bond donors (Lipinski definition) is 0. The van der Waals surface area contributed by atoms with Gasteiger partial charge in [-0.05, 0) is 42.0 Å². The van der Waals surface area contributed by atoms with Crippen LogP contribution in [-0.4, -0.2) is 18.5 Å². The van der Waals surface area contributed by atoms with E-state index in [1.165, 1.54) is 12.1 Å². The van der Waals surface area contributed by atoms with Crippen molar-refractivity contribution in [3.05, 3.63) is 53.8 Å². The first-order valence-electron chi connectivity index (χ1n) is 6.81. The van der Waals surface area contributed by atoms with Crippen LogP contribution < -0.4 is 14.4 Å². The van der Waals surface area contributed by atoms with E-state index in [2.05, 4.69) is 0 Å². The first kappa shape index (κ1) is 13.5. The van der Waals surface area contributed by atoms with Gasteiger partial charge in [-0.3, -0.25) is 9.69 Å². The first-order chi connectivity index (χ1) is 10.7. The molecule has 2 aromatic carbocycles. The summed E-state index contributed by atoms with van der Waals surface area (Å²) >= 11 is 1.54. The Morgan fingerprint density at radius 2 is 1.86 bits per heavy atom. The first-order valence-corrected chi connectivity index (χ1v) is 7.86. The lowest BCUT2D eigenvalue weighted by Gasteiger charge is -2.24. The standard InChI is InChI=1S/C16H12FNO3S/c17-11-2-4-12(5-3-11)18-15(19)8-22-16(18)10-1-6-13-14(7-10)21-9-20-13/h1-7,16H,8-9H2/t16-/m1/s1. The number of fused-ring (bicyclic) bond motifs is 1. The minimum absolute atomic E-state index is 0.0132. The predicted molar refractivity (Wildman–Crippen MR) is 81.7 cm³/mol. The van der Waals surface area contributed by atoms with E-state index >= 15 is 0 Å².